The molecule has 4 nitrogen and oxygen atoms in total. The molecule has 3 heterocycles. The predicted molar refractivity (Wildman–Crippen MR) is 142 cm³/mol. The van der Waals surface area contributed by atoms with Crippen LogP contribution in [0.3, 0.4) is 0 Å². The van der Waals surface area contributed by atoms with Crippen molar-refractivity contribution in [2.24, 2.45) is 28.7 Å². The summed E-state index contributed by atoms with van der Waals surface area (Å²) in [6.45, 7) is 7.09. The van der Waals surface area contributed by atoms with Gasteiger partial charge in [-0.05, 0) is 52.5 Å². The quantitative estimate of drug-likeness (QED) is 0.527. The zero-order valence-electron chi connectivity index (χ0n) is 20.7. The summed E-state index contributed by atoms with van der Waals surface area (Å²) in [5, 5.41) is 5.77. The first-order valence-electron chi connectivity index (χ1n) is 13.1. The van der Waals surface area contributed by atoms with Crippen molar-refractivity contribution in [3.8, 4) is 0 Å². The summed E-state index contributed by atoms with van der Waals surface area (Å²) in [6, 6.07) is 25.7. The minimum Gasteiger partial charge on any atom is -0.350 e. The molecule has 4 bridgehead atoms. The van der Waals surface area contributed by atoms with Gasteiger partial charge in [0, 0.05) is 37.8 Å². The van der Waals surface area contributed by atoms with Crippen molar-refractivity contribution in [3.63, 3.8) is 0 Å². The molecular formula is C31H35N3O. The molecule has 1 N–H and O–H groups in total. The van der Waals surface area contributed by atoms with E-state index in [1.807, 2.05) is 0 Å². The Bertz CT molecular complexity index is 1250. The maximum absolute atomic E-state index is 14.1. The van der Waals surface area contributed by atoms with E-state index in [1.165, 1.54) is 16.3 Å². The highest BCUT2D eigenvalue weighted by molar-refractivity contribution is 5.93. The Labute approximate surface area is 208 Å². The van der Waals surface area contributed by atoms with Gasteiger partial charge in [0.25, 0.3) is 0 Å². The number of benzene rings is 3. The Morgan fingerprint density at radius 2 is 1.83 bits per heavy atom. The van der Waals surface area contributed by atoms with Gasteiger partial charge in [-0.15, -0.1) is 0 Å². The van der Waals surface area contributed by atoms with E-state index in [2.05, 4.69) is 103 Å². The van der Waals surface area contributed by atoms with Gasteiger partial charge >= 0.3 is 0 Å². The van der Waals surface area contributed by atoms with Crippen molar-refractivity contribution in [2.45, 2.75) is 44.8 Å². The monoisotopic (exact) mass is 465 g/mol. The molecule has 0 radical (unpaired) electrons. The second-order valence-electron chi connectivity index (χ2n) is 11.2. The molecule has 1 saturated heterocycles. The largest absolute Gasteiger partial charge is 0.350 e. The van der Waals surface area contributed by atoms with Crippen molar-refractivity contribution < 1.29 is 4.79 Å². The number of amides is 1. The maximum atomic E-state index is 14.1. The molecule has 7 rings (SSSR count). The van der Waals surface area contributed by atoms with Crippen LogP contribution in [-0.2, 0) is 17.8 Å². The van der Waals surface area contributed by atoms with Crippen LogP contribution < -0.4 is 5.32 Å². The number of fused-ring (bicyclic) bond motifs is 1. The van der Waals surface area contributed by atoms with Crippen LogP contribution in [0.5, 0.6) is 0 Å². The molecular weight excluding hydrogens is 430 g/mol. The smallest absolute Gasteiger partial charge is 0.250 e. The molecule has 0 spiro atoms. The average molecular weight is 466 g/mol. The second kappa shape index (κ2) is 8.91. The van der Waals surface area contributed by atoms with Crippen molar-refractivity contribution in [3.05, 3.63) is 83.9 Å². The van der Waals surface area contributed by atoms with Gasteiger partial charge in [-0.2, -0.15) is 0 Å². The number of hydrogen-bond acceptors (Lipinski definition) is 3. The number of nitrogens with one attached hydrogen (secondary N) is 1. The molecule has 5 atom stereocenters. The van der Waals surface area contributed by atoms with Crippen LogP contribution in [0.25, 0.3) is 10.8 Å². The van der Waals surface area contributed by atoms with E-state index < -0.39 is 5.54 Å². The molecule has 3 aliphatic heterocycles. The average Bonchev–Trinajstić information content (AvgIpc) is 3.13. The Balaban J connectivity index is 1.31. The lowest BCUT2D eigenvalue weighted by molar-refractivity contribution is -0.132. The van der Waals surface area contributed by atoms with Crippen molar-refractivity contribution >= 4 is 22.9 Å². The zero-order chi connectivity index (χ0) is 24.0. The molecule has 3 aromatic carbocycles. The molecule has 1 aliphatic carbocycles. The Morgan fingerprint density at radius 3 is 2.66 bits per heavy atom. The Kier molecular flexibility index (Phi) is 5.72. The molecule has 0 aromatic heterocycles. The lowest BCUT2D eigenvalue weighted by Crippen LogP contribution is -2.66. The van der Waals surface area contributed by atoms with E-state index in [9.17, 15) is 4.79 Å². The van der Waals surface area contributed by atoms with Crippen LogP contribution in [-0.4, -0.2) is 41.7 Å². The minimum atomic E-state index is -0.673. The molecule has 4 heteroatoms. The maximum Gasteiger partial charge on any atom is 0.250 e. The van der Waals surface area contributed by atoms with Crippen LogP contribution >= 0.6 is 0 Å². The summed E-state index contributed by atoms with van der Waals surface area (Å²) in [5.41, 5.74) is 1.85. The lowest BCUT2D eigenvalue weighted by atomic mass is 9.59. The zero-order valence-corrected chi connectivity index (χ0v) is 20.7. The highest BCUT2D eigenvalue weighted by Crippen LogP contribution is 2.54. The number of rotatable bonds is 7. The third-order valence-electron chi connectivity index (χ3n) is 8.51. The van der Waals surface area contributed by atoms with Crippen LogP contribution in [0.15, 0.2) is 77.8 Å². The molecule has 4 aliphatic rings. The van der Waals surface area contributed by atoms with E-state index in [0.717, 1.165) is 31.5 Å². The molecule has 35 heavy (non-hydrogen) atoms. The number of likely N-dealkylation sites (tertiary alicyclic amines) is 1. The Hall–Kier alpha value is -2.98. The van der Waals surface area contributed by atoms with Crippen LogP contribution in [0, 0.1) is 23.7 Å². The number of carbonyl (C=O) groups excluding carboxylic acids is 1. The highest BCUT2D eigenvalue weighted by atomic mass is 16.2. The van der Waals surface area contributed by atoms with E-state index in [0.29, 0.717) is 30.2 Å². The van der Waals surface area contributed by atoms with Gasteiger partial charge in [-0.25, -0.2) is 0 Å². The standard InChI is InChI=1S/C31H35N3O/c1-21(2)19-34-20-26-16-25-18-33-31(26,29(34)28(25)15-22-9-4-3-5-10-22)30(35)32-17-24-13-8-12-23-11-6-7-14-27(23)24/h3-14,18,21,25-26,28-29H,15-17,19-20H2,1-2H3,(H,32,35)/t25-,26-,28+,29-,31-/m0/s1. The number of carbonyl (C=O) groups is 1. The van der Waals surface area contributed by atoms with Crippen LogP contribution in [0.2, 0.25) is 0 Å². The number of aliphatic imine (C=N–C) groups is 1. The predicted octanol–water partition coefficient (Wildman–Crippen LogP) is 5.11. The molecule has 2 fully saturated rings. The first-order valence-corrected chi connectivity index (χ1v) is 13.1. The van der Waals surface area contributed by atoms with Gasteiger partial charge < -0.3 is 5.32 Å². The summed E-state index contributed by atoms with van der Waals surface area (Å²) in [5.74, 6) is 1.83. The molecule has 0 unspecified atom stereocenters. The van der Waals surface area contributed by atoms with Crippen molar-refractivity contribution in [2.75, 3.05) is 13.1 Å². The van der Waals surface area contributed by atoms with Crippen molar-refractivity contribution in [1.82, 2.24) is 10.2 Å². The van der Waals surface area contributed by atoms with Gasteiger partial charge in [-0.1, -0.05) is 86.6 Å². The minimum absolute atomic E-state index is 0.110. The van der Waals surface area contributed by atoms with Crippen LogP contribution in [0.4, 0.5) is 0 Å². The molecule has 1 saturated carbocycles. The normalized spacial score (nSPS) is 29.2. The summed E-state index contributed by atoms with van der Waals surface area (Å²) >= 11 is 0. The third kappa shape index (κ3) is 3.79. The van der Waals surface area contributed by atoms with Gasteiger partial charge in [0.1, 0.15) is 0 Å². The van der Waals surface area contributed by atoms with Gasteiger partial charge in [0.05, 0.1) is 0 Å². The summed E-state index contributed by atoms with van der Waals surface area (Å²) in [7, 11) is 0. The molecule has 1 amide bonds. The fourth-order valence-corrected chi connectivity index (χ4v) is 7.17. The summed E-state index contributed by atoms with van der Waals surface area (Å²) in [4.78, 5) is 21.8. The fourth-order valence-electron chi connectivity index (χ4n) is 7.17. The SMILES string of the molecule is CC(C)CN1C[C@@H]2C[C@H]3C=N[C@]2(C(=O)NCc2cccc4ccccc24)[C@@H]1[C@@H]3Cc1ccccc1. The number of nitrogens with zero attached hydrogens (tertiary/aromatic N) is 2. The molecule has 3 aromatic rings. The van der Waals surface area contributed by atoms with E-state index in [-0.39, 0.29) is 11.9 Å². The van der Waals surface area contributed by atoms with E-state index in [4.69, 9.17) is 4.99 Å². The summed E-state index contributed by atoms with van der Waals surface area (Å²) in [6.07, 6.45) is 4.20. The van der Waals surface area contributed by atoms with Gasteiger partial charge in [0.15, 0.2) is 5.54 Å². The number of hydrogen-bond donors (Lipinski definition) is 1. The summed E-state index contributed by atoms with van der Waals surface area (Å²) < 4.78 is 0. The molecule has 180 valence electrons. The van der Waals surface area contributed by atoms with Crippen LogP contribution in [0.1, 0.15) is 31.4 Å². The fraction of sp³-hybridized carbons (Fsp3) is 0.419. The first-order chi connectivity index (χ1) is 17.1. The highest BCUT2D eigenvalue weighted by Gasteiger charge is 2.67. The van der Waals surface area contributed by atoms with E-state index in [1.54, 1.807) is 0 Å². The Morgan fingerprint density at radius 1 is 1.06 bits per heavy atom. The van der Waals surface area contributed by atoms with Crippen molar-refractivity contribution in [1.29, 1.82) is 0 Å². The topological polar surface area (TPSA) is 44.7 Å². The third-order valence-corrected chi connectivity index (χ3v) is 8.51. The van der Waals surface area contributed by atoms with Gasteiger partial charge in [0.2, 0.25) is 5.91 Å². The lowest BCUT2D eigenvalue weighted by Gasteiger charge is -2.51. The second-order valence-corrected chi connectivity index (χ2v) is 11.2. The first kappa shape index (κ1) is 22.5. The van der Waals surface area contributed by atoms with Gasteiger partial charge in [-0.3, -0.25) is 14.7 Å². The van der Waals surface area contributed by atoms with E-state index >= 15 is 0 Å².